The molecule has 0 amide bonds. The molecule has 4 nitrogen and oxygen atoms in total. The van der Waals surface area contributed by atoms with Crippen molar-refractivity contribution in [3.05, 3.63) is 18.2 Å². The summed E-state index contributed by atoms with van der Waals surface area (Å²) in [5.74, 6) is 0. The van der Waals surface area contributed by atoms with Gasteiger partial charge in [-0.25, -0.2) is 4.98 Å². The summed E-state index contributed by atoms with van der Waals surface area (Å²) in [7, 11) is 0. The van der Waals surface area contributed by atoms with Crippen LogP contribution in [0.2, 0.25) is 0 Å². The van der Waals surface area contributed by atoms with E-state index in [0.717, 1.165) is 31.6 Å². The predicted octanol–water partition coefficient (Wildman–Crippen LogP) is 0.678. The molecule has 1 aliphatic heterocycles. The van der Waals surface area contributed by atoms with Crippen LogP contribution < -0.4 is 5.32 Å². The minimum atomic E-state index is 0.415. The predicted molar refractivity (Wildman–Crippen MR) is 49.3 cm³/mol. The van der Waals surface area contributed by atoms with Gasteiger partial charge in [0.05, 0.1) is 24.7 Å². The Balaban J connectivity index is 1.72. The normalized spacial score (nSPS) is 19.1. The molecule has 72 valence electrons. The molecular weight excluding hydrogens is 166 g/mol. The van der Waals surface area contributed by atoms with Gasteiger partial charge in [0, 0.05) is 6.20 Å². The van der Waals surface area contributed by atoms with Crippen LogP contribution >= 0.6 is 0 Å². The standard InChI is InChI=1S/C9H15N3O/c1-3-10-4-2-9(1)13-6-8-5-11-7-12-8/h5,7,9-10H,1-4,6H2,(H,11,12). The van der Waals surface area contributed by atoms with E-state index in [0.29, 0.717) is 12.7 Å². The van der Waals surface area contributed by atoms with E-state index in [-0.39, 0.29) is 0 Å². The van der Waals surface area contributed by atoms with Crippen molar-refractivity contribution < 1.29 is 4.74 Å². The van der Waals surface area contributed by atoms with Gasteiger partial charge in [0.15, 0.2) is 0 Å². The third-order valence-electron chi connectivity index (χ3n) is 2.31. The Bertz CT molecular complexity index is 229. The molecule has 13 heavy (non-hydrogen) atoms. The molecule has 1 aromatic rings. The highest BCUT2D eigenvalue weighted by Crippen LogP contribution is 2.09. The third-order valence-corrected chi connectivity index (χ3v) is 2.31. The zero-order chi connectivity index (χ0) is 8.93. The Morgan fingerprint density at radius 1 is 1.46 bits per heavy atom. The summed E-state index contributed by atoms with van der Waals surface area (Å²) < 4.78 is 5.70. The molecule has 1 fully saturated rings. The van der Waals surface area contributed by atoms with Crippen molar-refractivity contribution in [1.29, 1.82) is 0 Å². The molecule has 2 N–H and O–H groups in total. The van der Waals surface area contributed by atoms with Crippen molar-refractivity contribution in [3.63, 3.8) is 0 Å². The summed E-state index contributed by atoms with van der Waals surface area (Å²) in [5.41, 5.74) is 0.985. The summed E-state index contributed by atoms with van der Waals surface area (Å²) in [6, 6.07) is 0. The van der Waals surface area contributed by atoms with E-state index in [1.165, 1.54) is 0 Å². The molecule has 0 aromatic carbocycles. The number of ether oxygens (including phenoxy) is 1. The van der Waals surface area contributed by atoms with Gasteiger partial charge in [0.25, 0.3) is 0 Å². The molecule has 0 unspecified atom stereocenters. The highest BCUT2D eigenvalue weighted by Gasteiger charge is 2.13. The first-order chi connectivity index (χ1) is 6.45. The summed E-state index contributed by atoms with van der Waals surface area (Å²) in [4.78, 5) is 7.02. The van der Waals surface area contributed by atoms with Gasteiger partial charge in [-0.3, -0.25) is 0 Å². The molecule has 1 saturated heterocycles. The van der Waals surface area contributed by atoms with Gasteiger partial charge in [-0.15, -0.1) is 0 Å². The molecule has 4 heteroatoms. The van der Waals surface area contributed by atoms with Crippen LogP contribution in [-0.2, 0) is 11.3 Å². The molecule has 2 rings (SSSR count). The fraction of sp³-hybridized carbons (Fsp3) is 0.667. The molecule has 0 radical (unpaired) electrons. The van der Waals surface area contributed by atoms with Gasteiger partial charge < -0.3 is 15.0 Å². The maximum Gasteiger partial charge on any atom is 0.0924 e. The first-order valence-corrected chi connectivity index (χ1v) is 4.75. The smallest absolute Gasteiger partial charge is 0.0924 e. The van der Waals surface area contributed by atoms with Crippen molar-refractivity contribution in [1.82, 2.24) is 15.3 Å². The first-order valence-electron chi connectivity index (χ1n) is 4.75. The number of hydrogen-bond donors (Lipinski definition) is 2. The van der Waals surface area contributed by atoms with Crippen LogP contribution in [0.3, 0.4) is 0 Å². The number of imidazole rings is 1. The monoisotopic (exact) mass is 181 g/mol. The summed E-state index contributed by atoms with van der Waals surface area (Å²) in [5, 5.41) is 3.31. The first kappa shape index (κ1) is 8.72. The van der Waals surface area contributed by atoms with Crippen molar-refractivity contribution in [3.8, 4) is 0 Å². The maximum absolute atomic E-state index is 5.70. The number of aromatic amines is 1. The molecule has 0 saturated carbocycles. The lowest BCUT2D eigenvalue weighted by atomic mass is 10.1. The van der Waals surface area contributed by atoms with Gasteiger partial charge in [-0.1, -0.05) is 0 Å². The molecular formula is C9H15N3O. The van der Waals surface area contributed by atoms with Crippen LogP contribution in [0.4, 0.5) is 0 Å². The quantitative estimate of drug-likeness (QED) is 0.721. The van der Waals surface area contributed by atoms with E-state index in [1.54, 1.807) is 6.33 Å². The molecule has 1 aromatic heterocycles. The minimum Gasteiger partial charge on any atom is -0.372 e. The van der Waals surface area contributed by atoms with E-state index in [9.17, 15) is 0 Å². The van der Waals surface area contributed by atoms with Crippen LogP contribution in [0.5, 0.6) is 0 Å². The summed E-state index contributed by atoms with van der Waals surface area (Å²) in [6.07, 6.45) is 6.20. The molecule has 0 aliphatic carbocycles. The third kappa shape index (κ3) is 2.54. The number of aromatic nitrogens is 2. The number of nitrogens with one attached hydrogen (secondary N) is 2. The van der Waals surface area contributed by atoms with Crippen LogP contribution in [-0.4, -0.2) is 29.2 Å². The van der Waals surface area contributed by atoms with Crippen LogP contribution in [0, 0.1) is 0 Å². The van der Waals surface area contributed by atoms with Gasteiger partial charge in [0.1, 0.15) is 0 Å². The summed E-state index contributed by atoms with van der Waals surface area (Å²) in [6.45, 7) is 2.78. The second kappa shape index (κ2) is 4.39. The highest BCUT2D eigenvalue weighted by molar-refractivity contribution is 4.91. The van der Waals surface area contributed by atoms with E-state index >= 15 is 0 Å². The lowest BCUT2D eigenvalue weighted by molar-refractivity contribution is 0.0197. The topological polar surface area (TPSA) is 49.9 Å². The van der Waals surface area contributed by atoms with Crippen LogP contribution in [0.15, 0.2) is 12.5 Å². The van der Waals surface area contributed by atoms with E-state index in [2.05, 4.69) is 15.3 Å². The number of hydrogen-bond acceptors (Lipinski definition) is 3. The number of H-pyrrole nitrogens is 1. The van der Waals surface area contributed by atoms with E-state index in [4.69, 9.17) is 4.74 Å². The van der Waals surface area contributed by atoms with Crippen molar-refractivity contribution in [2.45, 2.75) is 25.6 Å². The summed E-state index contributed by atoms with van der Waals surface area (Å²) >= 11 is 0. The second-order valence-electron chi connectivity index (χ2n) is 3.32. The van der Waals surface area contributed by atoms with Gasteiger partial charge >= 0.3 is 0 Å². The number of nitrogens with zero attached hydrogens (tertiary/aromatic N) is 1. The van der Waals surface area contributed by atoms with Gasteiger partial charge in [-0.05, 0) is 25.9 Å². The maximum atomic E-state index is 5.70. The lowest BCUT2D eigenvalue weighted by Gasteiger charge is -2.22. The highest BCUT2D eigenvalue weighted by atomic mass is 16.5. The molecule has 2 heterocycles. The zero-order valence-corrected chi connectivity index (χ0v) is 7.62. The van der Waals surface area contributed by atoms with E-state index < -0.39 is 0 Å². The lowest BCUT2D eigenvalue weighted by Crippen LogP contribution is -2.32. The van der Waals surface area contributed by atoms with Crippen LogP contribution in [0.25, 0.3) is 0 Å². The molecule has 0 atom stereocenters. The Kier molecular flexibility index (Phi) is 2.94. The van der Waals surface area contributed by atoms with Crippen molar-refractivity contribution >= 4 is 0 Å². The molecule has 1 aliphatic rings. The van der Waals surface area contributed by atoms with E-state index in [1.807, 2.05) is 6.20 Å². The van der Waals surface area contributed by atoms with Crippen LogP contribution in [0.1, 0.15) is 18.5 Å². The number of rotatable bonds is 3. The molecule has 0 bridgehead atoms. The Hall–Kier alpha value is -0.870. The Labute approximate surface area is 77.7 Å². The van der Waals surface area contributed by atoms with Gasteiger partial charge in [0.2, 0.25) is 0 Å². The zero-order valence-electron chi connectivity index (χ0n) is 7.62. The van der Waals surface area contributed by atoms with Gasteiger partial charge in [-0.2, -0.15) is 0 Å². The largest absolute Gasteiger partial charge is 0.372 e. The SMILES string of the molecule is c1nc(COC2CCNCC2)c[nH]1. The Morgan fingerprint density at radius 2 is 2.31 bits per heavy atom. The average Bonchev–Trinajstić information content (AvgIpc) is 2.69. The van der Waals surface area contributed by atoms with Crippen molar-refractivity contribution in [2.75, 3.05) is 13.1 Å². The number of piperidine rings is 1. The average molecular weight is 181 g/mol. The second-order valence-corrected chi connectivity index (χ2v) is 3.32. The molecule has 0 spiro atoms. The Morgan fingerprint density at radius 3 is 3.00 bits per heavy atom. The fourth-order valence-electron chi connectivity index (χ4n) is 1.54. The minimum absolute atomic E-state index is 0.415. The van der Waals surface area contributed by atoms with Crippen molar-refractivity contribution in [2.24, 2.45) is 0 Å². The fourth-order valence-corrected chi connectivity index (χ4v) is 1.54.